The van der Waals surface area contributed by atoms with Crippen LogP contribution in [-0.2, 0) is 0 Å². The molecule has 0 unspecified atom stereocenters. The quantitative estimate of drug-likeness (QED) is 0.326. The number of aliphatic imine (C=N–C) groups is 1. The Morgan fingerprint density at radius 1 is 1.06 bits per heavy atom. The number of aliphatic hydroxyl groups is 1. The molecule has 0 saturated heterocycles. The van der Waals surface area contributed by atoms with Crippen LogP contribution in [0.25, 0.3) is 5.88 Å². The standard InChI is InChI=1S/C25H25N5O2.2C2H6/c1-3-5-18(6-4-2)22-13-16-27-24-17-23(29-30(24)25(22)31)28-19-7-9-20(10-8-19)32-21-11-14-26-15-12-21;2*1-2/h3,5-12,14-17,31H,4,13H2,1-2H3,(H,28,29);2*1-2H3/b5-3-,18-6+;;. The molecule has 1 aliphatic heterocycles. The monoisotopic (exact) mass is 487 g/mol. The van der Waals surface area contributed by atoms with E-state index in [1.54, 1.807) is 36.8 Å². The van der Waals surface area contributed by atoms with Crippen LogP contribution < -0.4 is 10.1 Å². The molecular formula is C29H37N5O2. The summed E-state index contributed by atoms with van der Waals surface area (Å²) in [6, 6.07) is 13.0. The average Bonchev–Trinajstić information content (AvgIpc) is 3.26. The summed E-state index contributed by atoms with van der Waals surface area (Å²) >= 11 is 0. The number of rotatable bonds is 7. The number of hydrogen-bond acceptors (Lipinski definition) is 6. The third-order valence-corrected chi connectivity index (χ3v) is 4.81. The lowest BCUT2D eigenvalue weighted by atomic mass is 10.0. The zero-order valence-electron chi connectivity index (χ0n) is 22.1. The van der Waals surface area contributed by atoms with Crippen molar-refractivity contribution in [2.24, 2.45) is 4.99 Å². The van der Waals surface area contributed by atoms with Crippen molar-refractivity contribution in [2.45, 2.75) is 54.4 Å². The van der Waals surface area contributed by atoms with Crippen LogP contribution in [0.3, 0.4) is 0 Å². The number of ether oxygens (including phenoxy) is 1. The van der Waals surface area contributed by atoms with Gasteiger partial charge in [-0.1, -0.05) is 52.8 Å². The minimum atomic E-state index is 0.0875. The van der Waals surface area contributed by atoms with Crippen molar-refractivity contribution < 1.29 is 9.84 Å². The topological polar surface area (TPSA) is 84.6 Å². The molecule has 36 heavy (non-hydrogen) atoms. The van der Waals surface area contributed by atoms with Gasteiger partial charge in [-0.05, 0) is 55.3 Å². The lowest BCUT2D eigenvalue weighted by Gasteiger charge is -2.10. The maximum Gasteiger partial charge on any atom is 0.218 e. The number of anilines is 2. The lowest BCUT2D eigenvalue weighted by molar-refractivity contribution is 0.455. The van der Waals surface area contributed by atoms with Gasteiger partial charge in [0, 0.05) is 42.4 Å². The minimum absolute atomic E-state index is 0.0875. The summed E-state index contributed by atoms with van der Waals surface area (Å²) < 4.78 is 7.26. The fourth-order valence-corrected chi connectivity index (χ4v) is 3.36. The molecule has 2 N–H and O–H groups in total. The number of allylic oxidation sites excluding steroid dienone is 5. The Labute approximate surface area is 214 Å². The Bertz CT molecular complexity index is 1190. The number of fused-ring (bicyclic) bond motifs is 1. The van der Waals surface area contributed by atoms with Gasteiger partial charge in [-0.2, -0.15) is 4.68 Å². The van der Waals surface area contributed by atoms with Crippen molar-refractivity contribution in [2.75, 3.05) is 5.32 Å². The Balaban J connectivity index is 0.00000109. The van der Waals surface area contributed by atoms with Gasteiger partial charge >= 0.3 is 0 Å². The van der Waals surface area contributed by atoms with E-state index in [0.29, 0.717) is 18.1 Å². The predicted octanol–water partition coefficient (Wildman–Crippen LogP) is 8.61. The Kier molecular flexibility index (Phi) is 11.7. The van der Waals surface area contributed by atoms with Crippen molar-refractivity contribution in [1.82, 2.24) is 14.8 Å². The molecule has 190 valence electrons. The lowest BCUT2D eigenvalue weighted by Crippen LogP contribution is -2.03. The molecule has 1 aliphatic rings. The fourth-order valence-electron chi connectivity index (χ4n) is 3.36. The number of hydrogen-bond donors (Lipinski definition) is 2. The molecule has 0 radical (unpaired) electrons. The van der Waals surface area contributed by atoms with Crippen molar-refractivity contribution >= 4 is 29.4 Å². The summed E-state index contributed by atoms with van der Waals surface area (Å²) in [5, 5.41) is 18.7. The van der Waals surface area contributed by atoms with E-state index in [1.165, 1.54) is 4.68 Å². The average molecular weight is 488 g/mol. The summed E-state index contributed by atoms with van der Waals surface area (Å²) in [6.45, 7) is 12.0. The highest BCUT2D eigenvalue weighted by Gasteiger charge is 2.18. The van der Waals surface area contributed by atoms with Gasteiger partial charge in [-0.25, -0.2) is 4.99 Å². The molecule has 0 saturated carbocycles. The number of aromatic nitrogens is 3. The van der Waals surface area contributed by atoms with E-state index >= 15 is 0 Å². The van der Waals surface area contributed by atoms with Gasteiger partial charge in [-0.3, -0.25) is 4.98 Å². The first-order chi connectivity index (χ1) is 17.7. The summed E-state index contributed by atoms with van der Waals surface area (Å²) in [5.74, 6) is 2.68. The third kappa shape index (κ3) is 7.43. The summed E-state index contributed by atoms with van der Waals surface area (Å²) in [5.41, 5.74) is 2.61. The number of nitrogens with zero attached hydrogens (tertiary/aromatic N) is 4. The number of pyridine rings is 1. The number of aliphatic hydroxyl groups excluding tert-OH is 1. The van der Waals surface area contributed by atoms with Crippen LogP contribution in [0.1, 0.15) is 54.4 Å². The zero-order chi connectivity index (χ0) is 26.3. The molecule has 2 aromatic heterocycles. The van der Waals surface area contributed by atoms with Crippen LogP contribution in [0.4, 0.5) is 17.3 Å². The van der Waals surface area contributed by atoms with Gasteiger partial charge in [0.2, 0.25) is 5.88 Å². The fraction of sp³-hybridized carbons (Fsp3) is 0.276. The summed E-state index contributed by atoms with van der Waals surface area (Å²) in [4.78, 5) is 8.45. The first-order valence-corrected chi connectivity index (χ1v) is 12.5. The van der Waals surface area contributed by atoms with Crippen molar-refractivity contribution in [3.8, 4) is 11.5 Å². The maximum atomic E-state index is 11.0. The van der Waals surface area contributed by atoms with E-state index in [1.807, 2.05) is 71.0 Å². The molecule has 7 heteroatoms. The first kappa shape index (κ1) is 28.1. The van der Waals surface area contributed by atoms with E-state index in [0.717, 1.165) is 34.8 Å². The normalized spacial score (nSPS) is 12.7. The number of nitrogens with one attached hydrogen (secondary N) is 1. The van der Waals surface area contributed by atoms with Crippen LogP contribution >= 0.6 is 0 Å². The van der Waals surface area contributed by atoms with E-state index in [2.05, 4.69) is 33.4 Å². The molecule has 0 atom stereocenters. The van der Waals surface area contributed by atoms with Gasteiger partial charge in [0.05, 0.1) is 0 Å². The number of benzene rings is 1. The van der Waals surface area contributed by atoms with Crippen molar-refractivity contribution in [1.29, 1.82) is 0 Å². The van der Waals surface area contributed by atoms with E-state index in [-0.39, 0.29) is 5.88 Å². The van der Waals surface area contributed by atoms with Gasteiger partial charge < -0.3 is 15.2 Å². The SMILES string of the molecule is C/C=C\C(=C/CC)C1=C(O)n2nc(Nc3ccc(Oc4ccncc4)cc3)cc2N=CC1.CC.CC. The van der Waals surface area contributed by atoms with Crippen LogP contribution in [0, 0.1) is 0 Å². The molecule has 3 heterocycles. The molecule has 1 aromatic carbocycles. The summed E-state index contributed by atoms with van der Waals surface area (Å²) in [7, 11) is 0. The molecule has 3 aromatic rings. The molecule has 0 spiro atoms. The second-order valence-corrected chi connectivity index (χ2v) is 7.12. The molecule has 0 amide bonds. The molecule has 0 fully saturated rings. The highest BCUT2D eigenvalue weighted by Crippen LogP contribution is 2.31. The zero-order valence-corrected chi connectivity index (χ0v) is 22.1. The molecule has 7 nitrogen and oxygen atoms in total. The van der Waals surface area contributed by atoms with Crippen LogP contribution in [0.2, 0.25) is 0 Å². The molecule has 0 aliphatic carbocycles. The van der Waals surface area contributed by atoms with Crippen LogP contribution in [-0.4, -0.2) is 26.1 Å². The Hall–Kier alpha value is -4.13. The van der Waals surface area contributed by atoms with Crippen LogP contribution in [0.15, 0.2) is 89.2 Å². The first-order valence-electron chi connectivity index (χ1n) is 12.5. The van der Waals surface area contributed by atoms with E-state index in [4.69, 9.17) is 4.74 Å². The maximum absolute atomic E-state index is 11.0. The smallest absolute Gasteiger partial charge is 0.218 e. The van der Waals surface area contributed by atoms with Crippen molar-refractivity contribution in [3.05, 3.63) is 84.2 Å². The minimum Gasteiger partial charge on any atom is -0.493 e. The molecule has 0 bridgehead atoms. The Morgan fingerprint density at radius 2 is 1.72 bits per heavy atom. The highest BCUT2D eigenvalue weighted by atomic mass is 16.5. The van der Waals surface area contributed by atoms with Crippen molar-refractivity contribution in [3.63, 3.8) is 0 Å². The highest BCUT2D eigenvalue weighted by molar-refractivity contribution is 5.76. The van der Waals surface area contributed by atoms with Gasteiger partial charge in [-0.15, -0.1) is 5.10 Å². The second kappa shape index (κ2) is 15.0. The van der Waals surface area contributed by atoms with Gasteiger partial charge in [0.1, 0.15) is 11.5 Å². The second-order valence-electron chi connectivity index (χ2n) is 7.12. The summed E-state index contributed by atoms with van der Waals surface area (Å²) in [6.07, 6.45) is 12.6. The predicted molar refractivity (Wildman–Crippen MR) is 151 cm³/mol. The Morgan fingerprint density at radius 3 is 2.36 bits per heavy atom. The van der Waals surface area contributed by atoms with E-state index in [9.17, 15) is 5.11 Å². The molecular weight excluding hydrogens is 450 g/mol. The van der Waals surface area contributed by atoms with E-state index < -0.39 is 0 Å². The van der Waals surface area contributed by atoms with Crippen LogP contribution in [0.5, 0.6) is 11.5 Å². The largest absolute Gasteiger partial charge is 0.493 e. The molecule has 4 rings (SSSR count). The van der Waals surface area contributed by atoms with Gasteiger partial charge in [0.25, 0.3) is 0 Å². The van der Waals surface area contributed by atoms with Gasteiger partial charge in [0.15, 0.2) is 11.6 Å². The third-order valence-electron chi connectivity index (χ3n) is 4.81.